The summed E-state index contributed by atoms with van der Waals surface area (Å²) >= 11 is 0. The van der Waals surface area contributed by atoms with Gasteiger partial charge in [0, 0.05) is 6.08 Å². The van der Waals surface area contributed by atoms with E-state index in [-0.39, 0.29) is 12.6 Å². The van der Waals surface area contributed by atoms with E-state index in [0.29, 0.717) is 5.92 Å². The van der Waals surface area contributed by atoms with Crippen LogP contribution in [0.15, 0.2) is 42.5 Å². The topological polar surface area (TPSA) is 75.6 Å². The maximum absolute atomic E-state index is 11.7. The van der Waals surface area contributed by atoms with E-state index in [1.165, 1.54) is 6.08 Å². The summed E-state index contributed by atoms with van der Waals surface area (Å²) in [6.07, 6.45) is 4.02. The lowest BCUT2D eigenvalue weighted by atomic mass is 10.2. The number of nitrogens with one attached hydrogen (secondary N) is 1. The Hall–Kier alpha value is -2.30. The quantitative estimate of drug-likeness (QED) is 0.781. The average Bonchev–Trinajstić information content (AvgIpc) is 3.26. The third-order valence-electron chi connectivity index (χ3n) is 3.07. The van der Waals surface area contributed by atoms with Crippen molar-refractivity contribution in [3.05, 3.63) is 48.0 Å². The average molecular weight is 275 g/mol. The largest absolute Gasteiger partial charge is 0.478 e. The smallest absolute Gasteiger partial charge is 0.407 e. The molecule has 0 aliphatic heterocycles. The molecule has 0 unspecified atom stereocenters. The van der Waals surface area contributed by atoms with Crippen molar-refractivity contribution in [2.24, 2.45) is 5.92 Å². The summed E-state index contributed by atoms with van der Waals surface area (Å²) in [6.45, 7) is 0.201. The molecule has 1 saturated carbocycles. The van der Waals surface area contributed by atoms with E-state index in [2.05, 4.69) is 5.32 Å². The Morgan fingerprint density at radius 1 is 1.35 bits per heavy atom. The first-order valence-electron chi connectivity index (χ1n) is 6.53. The molecular formula is C15H17NO4. The van der Waals surface area contributed by atoms with E-state index in [1.54, 1.807) is 0 Å². The monoisotopic (exact) mass is 275 g/mol. The van der Waals surface area contributed by atoms with Gasteiger partial charge in [0.05, 0.1) is 6.04 Å². The van der Waals surface area contributed by atoms with Gasteiger partial charge in [-0.1, -0.05) is 36.4 Å². The molecule has 0 radical (unpaired) electrons. The lowest BCUT2D eigenvalue weighted by Gasteiger charge is -2.14. The number of carbonyl (C=O) groups excluding carboxylic acids is 1. The number of aliphatic carboxylic acids is 1. The van der Waals surface area contributed by atoms with Crippen molar-refractivity contribution < 1.29 is 19.4 Å². The van der Waals surface area contributed by atoms with Gasteiger partial charge in [0.15, 0.2) is 0 Å². The first-order chi connectivity index (χ1) is 9.65. The fraction of sp³-hybridized carbons (Fsp3) is 0.333. The van der Waals surface area contributed by atoms with Gasteiger partial charge in [-0.3, -0.25) is 0 Å². The van der Waals surface area contributed by atoms with E-state index in [0.717, 1.165) is 24.5 Å². The van der Waals surface area contributed by atoms with Gasteiger partial charge >= 0.3 is 12.1 Å². The summed E-state index contributed by atoms with van der Waals surface area (Å²) in [5.74, 6) is -0.704. The van der Waals surface area contributed by atoms with E-state index in [1.807, 2.05) is 30.3 Å². The molecule has 1 aliphatic rings. The summed E-state index contributed by atoms with van der Waals surface area (Å²) in [5.41, 5.74) is 0.909. The second kappa shape index (κ2) is 6.75. The van der Waals surface area contributed by atoms with Crippen LogP contribution in [-0.2, 0) is 16.1 Å². The fourth-order valence-corrected chi connectivity index (χ4v) is 1.87. The zero-order chi connectivity index (χ0) is 14.4. The third kappa shape index (κ3) is 4.76. The van der Waals surface area contributed by atoms with Gasteiger partial charge in [0.2, 0.25) is 0 Å². The SMILES string of the molecule is O=C(O)C=C[C@@H](NC(=O)OCc1ccccc1)C1CC1. The molecule has 20 heavy (non-hydrogen) atoms. The molecule has 2 N–H and O–H groups in total. The number of ether oxygens (including phenoxy) is 1. The number of carboxylic acid groups (broad SMARTS) is 1. The van der Waals surface area contributed by atoms with Crippen LogP contribution < -0.4 is 5.32 Å². The molecule has 1 atom stereocenters. The Balaban J connectivity index is 1.81. The van der Waals surface area contributed by atoms with Crippen molar-refractivity contribution in [3.8, 4) is 0 Å². The first kappa shape index (κ1) is 14.1. The van der Waals surface area contributed by atoms with Crippen LogP contribution in [-0.4, -0.2) is 23.2 Å². The predicted octanol–water partition coefficient (Wildman–Crippen LogP) is 2.33. The van der Waals surface area contributed by atoms with Crippen molar-refractivity contribution in [1.29, 1.82) is 0 Å². The lowest BCUT2D eigenvalue weighted by Crippen LogP contribution is -2.35. The van der Waals surface area contributed by atoms with Crippen LogP contribution in [0.2, 0.25) is 0 Å². The van der Waals surface area contributed by atoms with E-state index in [9.17, 15) is 9.59 Å². The Morgan fingerprint density at radius 3 is 2.65 bits per heavy atom. The van der Waals surface area contributed by atoms with Crippen LogP contribution in [0.5, 0.6) is 0 Å². The van der Waals surface area contributed by atoms with Crippen LogP contribution in [0.3, 0.4) is 0 Å². The maximum atomic E-state index is 11.7. The van der Waals surface area contributed by atoms with Gasteiger partial charge in [-0.05, 0) is 24.3 Å². The number of alkyl carbamates (subject to hydrolysis) is 1. The summed E-state index contributed by atoms with van der Waals surface area (Å²) in [7, 11) is 0. The van der Waals surface area contributed by atoms with Crippen LogP contribution in [0.4, 0.5) is 4.79 Å². The summed E-state index contributed by atoms with van der Waals surface area (Å²) in [5, 5.41) is 11.3. The van der Waals surface area contributed by atoms with Gasteiger partial charge in [-0.2, -0.15) is 0 Å². The molecular weight excluding hydrogens is 258 g/mol. The molecule has 0 saturated heterocycles. The number of carbonyl (C=O) groups is 2. The first-order valence-corrected chi connectivity index (χ1v) is 6.53. The number of amides is 1. The van der Waals surface area contributed by atoms with Crippen LogP contribution in [0.1, 0.15) is 18.4 Å². The Labute approximate surface area is 117 Å². The lowest BCUT2D eigenvalue weighted by molar-refractivity contribution is -0.131. The zero-order valence-corrected chi connectivity index (χ0v) is 11.0. The van der Waals surface area contributed by atoms with Crippen molar-refractivity contribution in [1.82, 2.24) is 5.32 Å². The minimum atomic E-state index is -1.02. The summed E-state index contributed by atoms with van der Waals surface area (Å²) < 4.78 is 5.11. The third-order valence-corrected chi connectivity index (χ3v) is 3.07. The molecule has 1 aliphatic carbocycles. The van der Waals surface area contributed by atoms with Gasteiger partial charge < -0.3 is 15.2 Å². The van der Waals surface area contributed by atoms with Crippen molar-refractivity contribution in [3.63, 3.8) is 0 Å². The highest BCUT2D eigenvalue weighted by Gasteiger charge is 2.31. The molecule has 1 aromatic carbocycles. The van der Waals surface area contributed by atoms with Crippen LogP contribution in [0, 0.1) is 5.92 Å². The highest BCUT2D eigenvalue weighted by Crippen LogP contribution is 2.33. The normalized spacial score (nSPS) is 15.8. The molecule has 1 fully saturated rings. The second-order valence-corrected chi connectivity index (χ2v) is 4.77. The second-order valence-electron chi connectivity index (χ2n) is 4.77. The summed E-state index contributed by atoms with van der Waals surface area (Å²) in [6, 6.07) is 9.11. The van der Waals surface area contributed by atoms with Crippen molar-refractivity contribution >= 4 is 12.1 Å². The van der Waals surface area contributed by atoms with Crippen LogP contribution >= 0.6 is 0 Å². The molecule has 2 rings (SSSR count). The molecule has 5 nitrogen and oxygen atoms in total. The van der Waals surface area contributed by atoms with E-state index < -0.39 is 12.1 Å². The molecule has 1 aromatic rings. The van der Waals surface area contributed by atoms with Crippen molar-refractivity contribution in [2.75, 3.05) is 0 Å². The Bertz CT molecular complexity index is 494. The summed E-state index contributed by atoms with van der Waals surface area (Å²) in [4.78, 5) is 22.2. The number of carboxylic acids is 1. The van der Waals surface area contributed by atoms with Gasteiger partial charge in [0.25, 0.3) is 0 Å². The molecule has 0 spiro atoms. The maximum Gasteiger partial charge on any atom is 0.407 e. The van der Waals surface area contributed by atoms with Gasteiger partial charge in [0.1, 0.15) is 6.61 Å². The molecule has 0 bridgehead atoms. The number of benzene rings is 1. The number of hydrogen-bond acceptors (Lipinski definition) is 3. The minimum Gasteiger partial charge on any atom is -0.478 e. The van der Waals surface area contributed by atoms with E-state index >= 15 is 0 Å². The highest BCUT2D eigenvalue weighted by atomic mass is 16.5. The standard InChI is InChI=1S/C15H17NO4/c17-14(18)9-8-13(12-6-7-12)16-15(19)20-10-11-4-2-1-3-5-11/h1-5,8-9,12-13H,6-7,10H2,(H,16,19)(H,17,18)/t13-/m1/s1. The molecule has 5 heteroatoms. The van der Waals surface area contributed by atoms with Crippen LogP contribution in [0.25, 0.3) is 0 Å². The van der Waals surface area contributed by atoms with Gasteiger partial charge in [-0.15, -0.1) is 0 Å². The molecule has 0 aromatic heterocycles. The molecule has 1 amide bonds. The number of hydrogen-bond donors (Lipinski definition) is 2. The predicted molar refractivity (Wildman–Crippen MR) is 73.1 cm³/mol. The Morgan fingerprint density at radius 2 is 2.05 bits per heavy atom. The van der Waals surface area contributed by atoms with Gasteiger partial charge in [-0.25, -0.2) is 9.59 Å². The molecule has 0 heterocycles. The highest BCUT2D eigenvalue weighted by molar-refractivity contribution is 5.80. The fourth-order valence-electron chi connectivity index (χ4n) is 1.87. The number of rotatable bonds is 6. The van der Waals surface area contributed by atoms with E-state index in [4.69, 9.17) is 9.84 Å². The Kier molecular flexibility index (Phi) is 4.76. The zero-order valence-electron chi connectivity index (χ0n) is 11.0. The molecule has 106 valence electrons. The van der Waals surface area contributed by atoms with Crippen molar-refractivity contribution in [2.45, 2.75) is 25.5 Å². The minimum absolute atomic E-state index is 0.201.